The van der Waals surface area contributed by atoms with Crippen molar-refractivity contribution in [2.45, 2.75) is 63.8 Å². The summed E-state index contributed by atoms with van der Waals surface area (Å²) in [4.78, 5) is 38.4. The van der Waals surface area contributed by atoms with Crippen molar-refractivity contribution in [3.05, 3.63) is 138 Å². The summed E-state index contributed by atoms with van der Waals surface area (Å²) in [5, 5.41) is 15.5. The molecule has 2 amide bonds. The Bertz CT molecular complexity index is 2060. The van der Waals surface area contributed by atoms with Crippen LogP contribution in [0.25, 0.3) is 11.1 Å². The summed E-state index contributed by atoms with van der Waals surface area (Å²) in [6.45, 7) is 4.70. The second kappa shape index (κ2) is 19.5. The van der Waals surface area contributed by atoms with Gasteiger partial charge in [-0.15, -0.1) is 0 Å². The topological polar surface area (TPSA) is 155 Å². The van der Waals surface area contributed by atoms with Gasteiger partial charge in [-0.3, -0.25) is 14.5 Å². The van der Waals surface area contributed by atoms with E-state index in [1.54, 1.807) is 24.5 Å². The van der Waals surface area contributed by atoms with Crippen LogP contribution in [0.2, 0.25) is 0 Å². The minimum atomic E-state index is -0.544. The monoisotopic (exact) mass is 769 g/mol. The normalized spacial score (nSPS) is 18.5. The summed E-state index contributed by atoms with van der Waals surface area (Å²) in [6.07, 6.45) is 5.44. The van der Waals surface area contributed by atoms with E-state index in [2.05, 4.69) is 66.8 Å². The fraction of sp³-hybridized carbons (Fsp3) is 0.333. The Hall–Kier alpha value is -5.66. The van der Waals surface area contributed by atoms with Crippen LogP contribution in [-0.2, 0) is 32.2 Å². The number of aromatic nitrogens is 2. The van der Waals surface area contributed by atoms with Gasteiger partial charge in [-0.25, -0.2) is 9.97 Å². The molecule has 2 aliphatic heterocycles. The number of nitrogens with zero attached hydrogens (tertiary/aromatic N) is 4. The summed E-state index contributed by atoms with van der Waals surface area (Å²) in [7, 11) is 0. The number of nitrogen functional groups attached to an aromatic ring is 1. The summed E-state index contributed by atoms with van der Waals surface area (Å²) >= 11 is 0. The van der Waals surface area contributed by atoms with Gasteiger partial charge in [0.05, 0.1) is 30.2 Å². The van der Waals surface area contributed by atoms with Crippen LogP contribution >= 0.6 is 0 Å². The maximum atomic E-state index is 12.6. The van der Waals surface area contributed by atoms with E-state index in [9.17, 15) is 14.7 Å². The summed E-state index contributed by atoms with van der Waals surface area (Å²) in [5.41, 5.74) is 13.0. The van der Waals surface area contributed by atoms with E-state index in [4.69, 9.17) is 15.2 Å². The number of amides is 2. The molecule has 0 aliphatic carbocycles. The molecule has 5 N–H and O–H groups in total. The highest BCUT2D eigenvalue weighted by atomic mass is 16.7. The molecule has 0 radical (unpaired) electrons. The molecule has 3 unspecified atom stereocenters. The van der Waals surface area contributed by atoms with Gasteiger partial charge < -0.3 is 35.8 Å². The van der Waals surface area contributed by atoms with Gasteiger partial charge in [0.1, 0.15) is 0 Å². The van der Waals surface area contributed by atoms with Crippen molar-refractivity contribution in [3.8, 4) is 11.1 Å². The average molecular weight is 770 g/mol. The van der Waals surface area contributed by atoms with E-state index in [1.807, 2.05) is 54.6 Å². The highest BCUT2D eigenvalue weighted by Crippen LogP contribution is 2.39. The number of aliphatic hydroxyl groups is 1. The zero-order valence-electron chi connectivity index (χ0n) is 32.1. The highest BCUT2D eigenvalue weighted by Gasteiger charge is 2.34. The molecule has 2 saturated heterocycles. The predicted octanol–water partition coefficient (Wildman–Crippen LogP) is 6.40. The first-order chi connectivity index (χ1) is 27.9. The van der Waals surface area contributed by atoms with Crippen LogP contribution in [0.4, 0.5) is 17.3 Å². The standard InChI is InChI=1S/C45H51N7O5/c46-39-9-1-2-10-40(39)50-43(55)12-4-3-11-42(54)49-29-33-7-5-8-37(27-33)34-17-19-36(20-18-34)44-56-38(28-41(57-44)35-15-13-32(31-53)14-16-35)30-51-23-25-52(26-24-51)45-47-21-6-22-48-45/h1-2,5-10,13-22,27,38,41,44,53H,3-4,11-12,23-26,28-31,46H2,(H,49,54)(H,50,55). The number of ether oxygens (including phenoxy) is 2. The molecule has 2 aliphatic rings. The number of anilines is 3. The van der Waals surface area contributed by atoms with E-state index in [-0.39, 0.29) is 30.6 Å². The van der Waals surface area contributed by atoms with Gasteiger partial charge in [0.15, 0.2) is 6.29 Å². The average Bonchev–Trinajstić information content (AvgIpc) is 3.26. The van der Waals surface area contributed by atoms with E-state index >= 15 is 0 Å². The lowest BCUT2D eigenvalue weighted by molar-refractivity contribution is -0.253. The van der Waals surface area contributed by atoms with Gasteiger partial charge >= 0.3 is 0 Å². The number of piperazine rings is 1. The number of aliphatic hydroxyl groups excluding tert-OH is 1. The minimum absolute atomic E-state index is 0.000378. The number of nitrogens with one attached hydrogen (secondary N) is 2. The number of benzene rings is 4. The lowest BCUT2D eigenvalue weighted by Gasteiger charge is -2.40. The molecule has 7 rings (SSSR count). The molecule has 0 saturated carbocycles. The first kappa shape index (κ1) is 39.6. The molecule has 3 heterocycles. The van der Waals surface area contributed by atoms with Gasteiger partial charge in [0, 0.05) is 76.5 Å². The Morgan fingerprint density at radius 3 is 2.21 bits per heavy atom. The van der Waals surface area contributed by atoms with Crippen LogP contribution in [-0.4, -0.2) is 70.6 Å². The Balaban J connectivity index is 0.924. The first-order valence-electron chi connectivity index (χ1n) is 19.8. The summed E-state index contributed by atoms with van der Waals surface area (Å²) < 4.78 is 13.3. The van der Waals surface area contributed by atoms with Crippen molar-refractivity contribution in [2.75, 3.05) is 48.7 Å². The molecule has 0 bridgehead atoms. The molecule has 296 valence electrons. The molecule has 3 atom stereocenters. The van der Waals surface area contributed by atoms with Gasteiger partial charge in [-0.1, -0.05) is 78.9 Å². The van der Waals surface area contributed by atoms with E-state index in [0.29, 0.717) is 43.6 Å². The second-order valence-corrected chi connectivity index (χ2v) is 14.6. The van der Waals surface area contributed by atoms with Crippen LogP contribution in [0, 0.1) is 0 Å². The molecule has 57 heavy (non-hydrogen) atoms. The molecule has 12 nitrogen and oxygen atoms in total. The largest absolute Gasteiger partial charge is 0.397 e. The van der Waals surface area contributed by atoms with Crippen molar-refractivity contribution in [1.82, 2.24) is 20.2 Å². The van der Waals surface area contributed by atoms with Crippen molar-refractivity contribution in [2.24, 2.45) is 0 Å². The number of para-hydroxylation sites is 2. The summed E-state index contributed by atoms with van der Waals surface area (Å²) in [5.74, 6) is 0.608. The van der Waals surface area contributed by atoms with Crippen molar-refractivity contribution in [3.63, 3.8) is 0 Å². The van der Waals surface area contributed by atoms with Crippen molar-refractivity contribution >= 4 is 29.1 Å². The quantitative estimate of drug-likeness (QED) is 0.0695. The highest BCUT2D eigenvalue weighted by molar-refractivity contribution is 5.93. The SMILES string of the molecule is Nc1ccccc1NC(=O)CCCCC(=O)NCc1cccc(-c2ccc(C3OC(CN4CCN(c5ncccn5)CC4)CC(c4ccc(CO)cc4)O3)cc2)c1. The van der Waals surface area contributed by atoms with Gasteiger partial charge in [0.25, 0.3) is 0 Å². The lowest BCUT2D eigenvalue weighted by Crippen LogP contribution is -2.50. The third-order valence-corrected chi connectivity index (χ3v) is 10.5. The van der Waals surface area contributed by atoms with Gasteiger partial charge in [-0.2, -0.15) is 0 Å². The van der Waals surface area contributed by atoms with E-state index in [1.165, 1.54) is 0 Å². The predicted molar refractivity (Wildman–Crippen MR) is 221 cm³/mol. The zero-order chi connectivity index (χ0) is 39.4. The zero-order valence-corrected chi connectivity index (χ0v) is 32.1. The molecule has 5 aromatic rings. The van der Waals surface area contributed by atoms with Crippen LogP contribution in [0.5, 0.6) is 0 Å². The molecule has 12 heteroatoms. The van der Waals surface area contributed by atoms with Crippen molar-refractivity contribution in [1.29, 1.82) is 0 Å². The Morgan fingerprint density at radius 1 is 0.754 bits per heavy atom. The van der Waals surface area contributed by atoms with Crippen molar-refractivity contribution < 1.29 is 24.2 Å². The molecule has 4 aromatic carbocycles. The minimum Gasteiger partial charge on any atom is -0.397 e. The molecular formula is C45H51N7O5. The number of carbonyl (C=O) groups excluding carboxylic acids is 2. The first-order valence-corrected chi connectivity index (χ1v) is 19.8. The van der Waals surface area contributed by atoms with Crippen LogP contribution in [0.3, 0.4) is 0 Å². The smallest absolute Gasteiger partial charge is 0.225 e. The summed E-state index contributed by atoms with van der Waals surface area (Å²) in [6, 6.07) is 33.4. The van der Waals surface area contributed by atoms with E-state index < -0.39 is 6.29 Å². The molecule has 1 aromatic heterocycles. The van der Waals surface area contributed by atoms with Gasteiger partial charge in [-0.05, 0) is 64.9 Å². The van der Waals surface area contributed by atoms with Crippen LogP contribution in [0.15, 0.2) is 116 Å². The number of hydrogen-bond acceptors (Lipinski definition) is 10. The fourth-order valence-corrected chi connectivity index (χ4v) is 7.28. The van der Waals surface area contributed by atoms with Gasteiger partial charge in [0.2, 0.25) is 17.8 Å². The maximum absolute atomic E-state index is 12.6. The number of rotatable bonds is 15. The number of carbonyl (C=O) groups is 2. The lowest BCUT2D eigenvalue weighted by atomic mass is 9.98. The van der Waals surface area contributed by atoms with Crippen LogP contribution in [0.1, 0.15) is 66.8 Å². The third kappa shape index (κ3) is 11.0. The fourth-order valence-electron chi connectivity index (χ4n) is 7.28. The van der Waals surface area contributed by atoms with Crippen LogP contribution < -0.4 is 21.3 Å². The number of hydrogen-bond donors (Lipinski definition) is 4. The molecule has 0 spiro atoms. The number of unbranched alkanes of at least 4 members (excludes halogenated alkanes) is 1. The Morgan fingerprint density at radius 2 is 1.47 bits per heavy atom. The molecule has 2 fully saturated rings. The number of nitrogens with two attached hydrogens (primary N) is 1. The maximum Gasteiger partial charge on any atom is 0.225 e. The second-order valence-electron chi connectivity index (χ2n) is 14.6. The Kier molecular flexibility index (Phi) is 13.5. The third-order valence-electron chi connectivity index (χ3n) is 10.5. The molecular weight excluding hydrogens is 719 g/mol. The van der Waals surface area contributed by atoms with E-state index in [0.717, 1.165) is 78.5 Å². The Labute approximate surface area is 334 Å².